The van der Waals surface area contributed by atoms with Gasteiger partial charge in [0.25, 0.3) is 0 Å². The quantitative estimate of drug-likeness (QED) is 0.841. The van der Waals surface area contributed by atoms with Gasteiger partial charge in [-0.15, -0.1) is 0 Å². The minimum Gasteiger partial charge on any atom is -0.388 e. The molecule has 1 N–H and O–H groups in total. The molecule has 3 heteroatoms. The number of halogens is 1. The van der Waals surface area contributed by atoms with Gasteiger partial charge in [0.1, 0.15) is 5.82 Å². The van der Waals surface area contributed by atoms with Crippen LogP contribution in [0.1, 0.15) is 35.4 Å². The molecule has 0 fully saturated rings. The third kappa shape index (κ3) is 3.11. The summed E-state index contributed by atoms with van der Waals surface area (Å²) in [6.07, 6.45) is -0.403. The standard InChI is InChI=1S/C17H17FO2/c1-2-15(16(19)12-6-4-3-5-7-12)17(20)13-8-10-14(18)11-9-13/h3-11,15,17,20H,2H2,1H3/t15-,17-/m1/s1. The first-order valence-corrected chi connectivity index (χ1v) is 6.66. The monoisotopic (exact) mass is 272 g/mol. The molecule has 2 aromatic carbocycles. The molecule has 20 heavy (non-hydrogen) atoms. The number of aliphatic hydroxyl groups excluding tert-OH is 1. The molecule has 2 nitrogen and oxygen atoms in total. The van der Waals surface area contributed by atoms with Gasteiger partial charge in [-0.2, -0.15) is 0 Å². The van der Waals surface area contributed by atoms with Crippen LogP contribution in [0.3, 0.4) is 0 Å². The normalized spacial score (nSPS) is 13.8. The lowest BCUT2D eigenvalue weighted by Gasteiger charge is -2.21. The zero-order valence-corrected chi connectivity index (χ0v) is 11.3. The molecule has 2 aromatic rings. The van der Waals surface area contributed by atoms with Gasteiger partial charge < -0.3 is 5.11 Å². The summed E-state index contributed by atoms with van der Waals surface area (Å²) in [5, 5.41) is 10.4. The fourth-order valence-electron chi connectivity index (χ4n) is 2.26. The SMILES string of the molecule is CC[C@H](C(=O)c1ccccc1)[C@H](O)c1ccc(F)cc1. The molecule has 0 saturated heterocycles. The molecule has 0 spiro atoms. The predicted octanol–water partition coefficient (Wildman–Crippen LogP) is 3.77. The number of ketones is 1. The lowest BCUT2D eigenvalue weighted by Crippen LogP contribution is -2.22. The van der Waals surface area contributed by atoms with Crippen molar-refractivity contribution in [2.45, 2.75) is 19.4 Å². The maximum atomic E-state index is 12.9. The smallest absolute Gasteiger partial charge is 0.168 e. The molecule has 0 radical (unpaired) electrons. The number of aliphatic hydroxyl groups is 1. The van der Waals surface area contributed by atoms with Gasteiger partial charge in [-0.05, 0) is 24.1 Å². The third-order valence-corrected chi connectivity index (χ3v) is 3.43. The summed E-state index contributed by atoms with van der Waals surface area (Å²) >= 11 is 0. The van der Waals surface area contributed by atoms with E-state index in [2.05, 4.69) is 0 Å². The average molecular weight is 272 g/mol. The van der Waals surface area contributed by atoms with E-state index in [1.807, 2.05) is 13.0 Å². The van der Waals surface area contributed by atoms with Crippen LogP contribution in [-0.2, 0) is 0 Å². The maximum Gasteiger partial charge on any atom is 0.168 e. The lowest BCUT2D eigenvalue weighted by molar-refractivity contribution is 0.0667. The highest BCUT2D eigenvalue weighted by molar-refractivity contribution is 5.98. The lowest BCUT2D eigenvalue weighted by atomic mass is 9.87. The van der Waals surface area contributed by atoms with Gasteiger partial charge in [-0.25, -0.2) is 4.39 Å². The molecule has 2 rings (SSSR count). The molecule has 0 saturated carbocycles. The average Bonchev–Trinajstić information content (AvgIpc) is 2.49. The number of rotatable bonds is 5. The Balaban J connectivity index is 2.23. The summed E-state index contributed by atoms with van der Waals surface area (Å²) in [5.41, 5.74) is 1.14. The Hall–Kier alpha value is -2.00. The van der Waals surface area contributed by atoms with Gasteiger partial charge in [0.15, 0.2) is 5.78 Å². The summed E-state index contributed by atoms with van der Waals surface area (Å²) in [6.45, 7) is 1.86. The fraction of sp³-hybridized carbons (Fsp3) is 0.235. The minimum atomic E-state index is -0.923. The zero-order chi connectivity index (χ0) is 14.5. The first-order valence-electron chi connectivity index (χ1n) is 6.66. The van der Waals surface area contributed by atoms with Gasteiger partial charge in [-0.3, -0.25) is 4.79 Å². The maximum absolute atomic E-state index is 12.9. The second-order valence-electron chi connectivity index (χ2n) is 4.74. The van der Waals surface area contributed by atoms with Gasteiger partial charge in [0, 0.05) is 5.56 Å². The molecule has 104 valence electrons. The van der Waals surface area contributed by atoms with Crippen molar-refractivity contribution in [1.82, 2.24) is 0 Å². The number of hydrogen-bond donors (Lipinski definition) is 1. The Morgan fingerprint density at radius 3 is 2.25 bits per heavy atom. The van der Waals surface area contributed by atoms with Crippen molar-refractivity contribution in [2.75, 3.05) is 0 Å². The summed E-state index contributed by atoms with van der Waals surface area (Å²) in [6, 6.07) is 14.5. The summed E-state index contributed by atoms with van der Waals surface area (Å²) in [7, 11) is 0. The summed E-state index contributed by atoms with van der Waals surface area (Å²) < 4.78 is 12.9. The van der Waals surface area contributed by atoms with Gasteiger partial charge in [0.2, 0.25) is 0 Å². The Bertz CT molecular complexity index is 563. The van der Waals surface area contributed by atoms with E-state index < -0.39 is 12.0 Å². The molecule has 0 aliphatic rings. The first-order chi connectivity index (χ1) is 9.63. The molecule has 0 unspecified atom stereocenters. The second kappa shape index (κ2) is 6.44. The van der Waals surface area contributed by atoms with E-state index in [1.165, 1.54) is 24.3 Å². The topological polar surface area (TPSA) is 37.3 Å². The van der Waals surface area contributed by atoms with Crippen molar-refractivity contribution in [3.05, 3.63) is 71.5 Å². The van der Waals surface area contributed by atoms with Gasteiger partial charge in [-0.1, -0.05) is 49.4 Å². The molecular weight excluding hydrogens is 255 g/mol. The molecule has 0 aliphatic heterocycles. The zero-order valence-electron chi connectivity index (χ0n) is 11.3. The van der Waals surface area contributed by atoms with Crippen molar-refractivity contribution in [2.24, 2.45) is 5.92 Å². The van der Waals surface area contributed by atoms with E-state index in [-0.39, 0.29) is 11.6 Å². The number of carbonyl (C=O) groups is 1. The molecule has 2 atom stereocenters. The molecule has 0 aliphatic carbocycles. The van der Waals surface area contributed by atoms with Crippen LogP contribution in [-0.4, -0.2) is 10.9 Å². The van der Waals surface area contributed by atoms with Gasteiger partial charge in [0.05, 0.1) is 12.0 Å². The van der Waals surface area contributed by atoms with Crippen LogP contribution in [0.2, 0.25) is 0 Å². The van der Waals surface area contributed by atoms with Crippen molar-refractivity contribution < 1.29 is 14.3 Å². The fourth-order valence-corrected chi connectivity index (χ4v) is 2.26. The van der Waals surface area contributed by atoms with Gasteiger partial charge >= 0.3 is 0 Å². The van der Waals surface area contributed by atoms with Crippen LogP contribution in [0.25, 0.3) is 0 Å². The minimum absolute atomic E-state index is 0.0927. The van der Waals surface area contributed by atoms with Crippen LogP contribution in [0, 0.1) is 11.7 Å². The van der Waals surface area contributed by atoms with E-state index >= 15 is 0 Å². The van der Waals surface area contributed by atoms with E-state index in [0.717, 1.165) is 0 Å². The summed E-state index contributed by atoms with van der Waals surface area (Å²) in [5.74, 6) is -0.976. The predicted molar refractivity (Wildman–Crippen MR) is 75.9 cm³/mol. The molecule has 0 aromatic heterocycles. The highest BCUT2D eigenvalue weighted by Gasteiger charge is 2.27. The number of carbonyl (C=O) groups excluding carboxylic acids is 1. The van der Waals surface area contributed by atoms with Crippen molar-refractivity contribution in [3.63, 3.8) is 0 Å². The van der Waals surface area contributed by atoms with Crippen molar-refractivity contribution >= 4 is 5.78 Å². The Kier molecular flexibility index (Phi) is 4.64. The van der Waals surface area contributed by atoms with Crippen molar-refractivity contribution in [1.29, 1.82) is 0 Å². The van der Waals surface area contributed by atoms with Crippen LogP contribution in [0.15, 0.2) is 54.6 Å². The first kappa shape index (κ1) is 14.4. The van der Waals surface area contributed by atoms with Crippen LogP contribution < -0.4 is 0 Å². The van der Waals surface area contributed by atoms with Crippen LogP contribution in [0.5, 0.6) is 0 Å². The van der Waals surface area contributed by atoms with E-state index in [0.29, 0.717) is 17.5 Å². The summed E-state index contributed by atoms with van der Waals surface area (Å²) in [4.78, 5) is 12.4. The number of Topliss-reactive ketones (excluding diaryl/α,β-unsaturated/α-hetero) is 1. The Morgan fingerprint density at radius 1 is 1.10 bits per heavy atom. The number of hydrogen-bond acceptors (Lipinski definition) is 2. The van der Waals surface area contributed by atoms with Crippen molar-refractivity contribution in [3.8, 4) is 0 Å². The van der Waals surface area contributed by atoms with Crippen LogP contribution >= 0.6 is 0 Å². The van der Waals surface area contributed by atoms with E-state index in [1.54, 1.807) is 24.3 Å². The molecule has 0 bridgehead atoms. The largest absolute Gasteiger partial charge is 0.388 e. The highest BCUT2D eigenvalue weighted by Crippen LogP contribution is 2.28. The molecule has 0 amide bonds. The highest BCUT2D eigenvalue weighted by atomic mass is 19.1. The number of benzene rings is 2. The Labute approximate surface area is 117 Å². The molecular formula is C17H17FO2. The van der Waals surface area contributed by atoms with E-state index in [9.17, 15) is 14.3 Å². The van der Waals surface area contributed by atoms with Crippen LogP contribution in [0.4, 0.5) is 4.39 Å². The molecule has 0 heterocycles. The second-order valence-corrected chi connectivity index (χ2v) is 4.74. The van der Waals surface area contributed by atoms with E-state index in [4.69, 9.17) is 0 Å². The Morgan fingerprint density at radius 2 is 1.70 bits per heavy atom. The third-order valence-electron chi connectivity index (χ3n) is 3.43.